The molecule has 60 valence electrons. The third-order valence-corrected chi connectivity index (χ3v) is 1.27. The Balaban J connectivity index is 0.000001000. The fraction of sp³-hybridized carbons (Fsp3) is 0.143. The second-order valence-electron chi connectivity index (χ2n) is 2.00. The number of hydrogen-bond acceptors (Lipinski definition) is 2. The first kappa shape index (κ1) is 9.91. The molecule has 1 rings (SSSR count). The Morgan fingerprint density at radius 2 is 2.27 bits per heavy atom. The lowest BCUT2D eigenvalue weighted by Crippen LogP contribution is -2.12. The Morgan fingerprint density at radius 3 is 2.64 bits per heavy atom. The molecule has 0 radical (unpaired) electrons. The van der Waals surface area contributed by atoms with Crippen molar-refractivity contribution < 1.29 is 4.79 Å². The number of hydrogen-bond donors (Lipinski definition) is 1. The molecular weight excluding hydrogens is 164 g/mol. The number of nitrogens with two attached hydrogens (primary N) is 1. The minimum atomic E-state index is -0.425. The van der Waals surface area contributed by atoms with Gasteiger partial charge in [0, 0.05) is 11.9 Å². The number of aromatic nitrogens is 1. The lowest BCUT2D eigenvalue weighted by atomic mass is 10.2. The fourth-order valence-corrected chi connectivity index (χ4v) is 0.745. The van der Waals surface area contributed by atoms with E-state index in [1.165, 1.54) is 0 Å². The number of carbonyl (C=O) groups excluding carboxylic acids is 1. The van der Waals surface area contributed by atoms with Crippen molar-refractivity contribution in [2.24, 2.45) is 5.73 Å². The van der Waals surface area contributed by atoms with Crippen molar-refractivity contribution in [3.05, 3.63) is 29.6 Å². The van der Waals surface area contributed by atoms with E-state index in [0.29, 0.717) is 11.3 Å². The molecule has 0 unspecified atom stereocenters. The Hall–Kier alpha value is -1.09. The maximum absolute atomic E-state index is 10.6. The van der Waals surface area contributed by atoms with Gasteiger partial charge in [0.25, 0.3) is 5.91 Å². The number of nitrogens with zero attached hydrogens (tertiary/aromatic N) is 1. The predicted molar refractivity (Wildman–Crippen MR) is 44.7 cm³/mol. The third kappa shape index (κ3) is 2.20. The van der Waals surface area contributed by atoms with Crippen LogP contribution in [-0.4, -0.2) is 10.9 Å². The summed E-state index contributed by atoms with van der Waals surface area (Å²) in [6.07, 6.45) is 1.63. The molecule has 0 atom stereocenters. The van der Waals surface area contributed by atoms with Gasteiger partial charge in [-0.25, -0.2) is 0 Å². The second-order valence-corrected chi connectivity index (χ2v) is 2.00. The Labute approximate surface area is 71.0 Å². The minimum Gasteiger partial charge on any atom is -0.366 e. The van der Waals surface area contributed by atoms with Gasteiger partial charge in [-0.15, -0.1) is 12.4 Å². The van der Waals surface area contributed by atoms with Gasteiger partial charge < -0.3 is 5.73 Å². The zero-order chi connectivity index (χ0) is 7.56. The first-order valence-electron chi connectivity index (χ1n) is 2.93. The highest BCUT2D eigenvalue weighted by atomic mass is 35.5. The molecule has 0 aliphatic rings. The summed E-state index contributed by atoms with van der Waals surface area (Å²) in [6, 6.07) is 3.34. The molecule has 2 N–H and O–H groups in total. The summed E-state index contributed by atoms with van der Waals surface area (Å²) in [4.78, 5) is 14.5. The number of carbonyl (C=O) groups is 1. The van der Waals surface area contributed by atoms with Gasteiger partial charge in [-0.1, -0.05) is 0 Å². The predicted octanol–water partition coefficient (Wildman–Crippen LogP) is 0.911. The average Bonchev–Trinajstić information content (AvgIpc) is 1.88. The van der Waals surface area contributed by atoms with Crippen molar-refractivity contribution in [2.75, 3.05) is 0 Å². The summed E-state index contributed by atoms with van der Waals surface area (Å²) in [5.74, 6) is -0.425. The van der Waals surface area contributed by atoms with Crippen molar-refractivity contribution in [1.29, 1.82) is 0 Å². The summed E-state index contributed by atoms with van der Waals surface area (Å²) in [6.45, 7) is 1.75. The highest BCUT2D eigenvalue weighted by molar-refractivity contribution is 5.93. The maximum atomic E-state index is 10.6. The second kappa shape index (κ2) is 3.93. The standard InChI is InChI=1S/C7H8N2O.ClH/c1-5-6(7(8)10)3-2-4-9-5;/h2-4H,1H3,(H2,8,10);1H. The van der Waals surface area contributed by atoms with Gasteiger partial charge in [0.1, 0.15) is 0 Å². The molecule has 0 saturated heterocycles. The van der Waals surface area contributed by atoms with E-state index < -0.39 is 5.91 Å². The van der Waals surface area contributed by atoms with Crippen LogP contribution in [0.25, 0.3) is 0 Å². The van der Waals surface area contributed by atoms with E-state index in [0.717, 1.165) is 0 Å². The zero-order valence-corrected chi connectivity index (χ0v) is 6.89. The smallest absolute Gasteiger partial charge is 0.250 e. The van der Waals surface area contributed by atoms with Crippen molar-refractivity contribution in [1.82, 2.24) is 4.98 Å². The summed E-state index contributed by atoms with van der Waals surface area (Å²) in [5.41, 5.74) is 6.20. The van der Waals surface area contributed by atoms with E-state index in [-0.39, 0.29) is 12.4 Å². The van der Waals surface area contributed by atoms with Crippen LogP contribution in [0.4, 0.5) is 0 Å². The summed E-state index contributed by atoms with van der Waals surface area (Å²) in [7, 11) is 0. The molecule has 0 aliphatic carbocycles. The number of amides is 1. The van der Waals surface area contributed by atoms with E-state index in [1.54, 1.807) is 25.3 Å². The molecule has 3 nitrogen and oxygen atoms in total. The molecule has 0 aromatic carbocycles. The molecule has 0 aliphatic heterocycles. The van der Waals surface area contributed by atoms with E-state index in [1.807, 2.05) is 0 Å². The SMILES string of the molecule is Cc1ncccc1C(N)=O.Cl. The van der Waals surface area contributed by atoms with Crippen LogP contribution in [0.1, 0.15) is 16.1 Å². The molecule has 4 heteroatoms. The van der Waals surface area contributed by atoms with E-state index in [4.69, 9.17) is 5.73 Å². The van der Waals surface area contributed by atoms with Crippen LogP contribution in [0, 0.1) is 6.92 Å². The molecule has 1 aromatic rings. The molecule has 1 aromatic heterocycles. The van der Waals surface area contributed by atoms with Crippen molar-refractivity contribution in [3.8, 4) is 0 Å². The Bertz CT molecular complexity index is 262. The number of halogens is 1. The molecule has 1 heterocycles. The van der Waals surface area contributed by atoms with Gasteiger partial charge in [-0.05, 0) is 19.1 Å². The number of rotatable bonds is 1. The lowest BCUT2D eigenvalue weighted by molar-refractivity contribution is 0.0999. The highest BCUT2D eigenvalue weighted by Crippen LogP contribution is 2.00. The zero-order valence-electron chi connectivity index (χ0n) is 6.07. The largest absolute Gasteiger partial charge is 0.366 e. The number of aryl methyl sites for hydroxylation is 1. The van der Waals surface area contributed by atoms with Crippen LogP contribution in [-0.2, 0) is 0 Å². The first-order valence-corrected chi connectivity index (χ1v) is 2.93. The number of pyridine rings is 1. The normalized spacial score (nSPS) is 8.45. The van der Waals surface area contributed by atoms with Gasteiger partial charge >= 0.3 is 0 Å². The van der Waals surface area contributed by atoms with Crippen molar-refractivity contribution >= 4 is 18.3 Å². The van der Waals surface area contributed by atoms with E-state index in [2.05, 4.69) is 4.98 Å². The molecule has 0 saturated carbocycles. The number of primary amides is 1. The van der Waals surface area contributed by atoms with Crippen LogP contribution < -0.4 is 5.73 Å². The van der Waals surface area contributed by atoms with Crippen molar-refractivity contribution in [2.45, 2.75) is 6.92 Å². The summed E-state index contributed by atoms with van der Waals surface area (Å²) >= 11 is 0. The van der Waals surface area contributed by atoms with E-state index in [9.17, 15) is 4.79 Å². The summed E-state index contributed by atoms with van der Waals surface area (Å²) < 4.78 is 0. The fourth-order valence-electron chi connectivity index (χ4n) is 0.745. The van der Waals surface area contributed by atoms with Crippen LogP contribution in [0.5, 0.6) is 0 Å². The van der Waals surface area contributed by atoms with Crippen LogP contribution in [0.2, 0.25) is 0 Å². The molecule has 0 spiro atoms. The molecular formula is C7H9ClN2O. The van der Waals surface area contributed by atoms with Crippen molar-refractivity contribution in [3.63, 3.8) is 0 Å². The van der Waals surface area contributed by atoms with E-state index >= 15 is 0 Å². The molecule has 11 heavy (non-hydrogen) atoms. The lowest BCUT2D eigenvalue weighted by Gasteiger charge is -1.96. The Kier molecular flexibility index (Phi) is 3.54. The van der Waals surface area contributed by atoms with Gasteiger partial charge in [0.2, 0.25) is 0 Å². The molecule has 0 bridgehead atoms. The minimum absolute atomic E-state index is 0. The van der Waals surface area contributed by atoms with Crippen LogP contribution >= 0.6 is 12.4 Å². The highest BCUT2D eigenvalue weighted by Gasteiger charge is 2.01. The monoisotopic (exact) mass is 172 g/mol. The summed E-state index contributed by atoms with van der Waals surface area (Å²) in [5, 5.41) is 0. The van der Waals surface area contributed by atoms with Gasteiger partial charge in [0.05, 0.1) is 5.56 Å². The van der Waals surface area contributed by atoms with Crippen LogP contribution in [0.3, 0.4) is 0 Å². The maximum Gasteiger partial charge on any atom is 0.250 e. The Morgan fingerprint density at radius 1 is 1.64 bits per heavy atom. The van der Waals surface area contributed by atoms with Gasteiger partial charge in [-0.3, -0.25) is 9.78 Å². The molecule has 0 fully saturated rings. The van der Waals surface area contributed by atoms with Crippen LogP contribution in [0.15, 0.2) is 18.3 Å². The van der Waals surface area contributed by atoms with Gasteiger partial charge in [-0.2, -0.15) is 0 Å². The molecule has 1 amide bonds. The first-order chi connectivity index (χ1) is 4.72. The quantitative estimate of drug-likeness (QED) is 0.685. The van der Waals surface area contributed by atoms with Gasteiger partial charge in [0.15, 0.2) is 0 Å². The average molecular weight is 173 g/mol. The topological polar surface area (TPSA) is 56.0 Å². The third-order valence-electron chi connectivity index (χ3n) is 1.27.